The highest BCUT2D eigenvalue weighted by Crippen LogP contribution is 2.34. The summed E-state index contributed by atoms with van der Waals surface area (Å²) in [5, 5.41) is 3.19. The Bertz CT molecular complexity index is 764. The third-order valence-electron chi connectivity index (χ3n) is 4.00. The lowest BCUT2D eigenvalue weighted by atomic mass is 9.96. The first-order valence-electron chi connectivity index (χ1n) is 7.26. The Labute approximate surface area is 130 Å². The number of nitrogens with two attached hydrogens (primary N) is 1. The Morgan fingerprint density at radius 1 is 1.09 bits per heavy atom. The van der Waals surface area contributed by atoms with Crippen molar-refractivity contribution in [2.24, 2.45) is 5.73 Å². The number of carbonyl (C=O) groups is 1. The summed E-state index contributed by atoms with van der Waals surface area (Å²) in [4.78, 5) is 14.0. The molecule has 2 aromatic rings. The number of fused-ring (bicyclic) bond motifs is 2. The molecule has 0 atom stereocenters. The van der Waals surface area contributed by atoms with E-state index in [1.807, 2.05) is 55.6 Å². The second-order valence-electron chi connectivity index (χ2n) is 5.32. The van der Waals surface area contributed by atoms with Gasteiger partial charge in [0.1, 0.15) is 0 Å². The molecule has 0 saturated heterocycles. The molecule has 0 aliphatic carbocycles. The maximum atomic E-state index is 12.2. The summed E-state index contributed by atoms with van der Waals surface area (Å²) in [6.07, 6.45) is 0. The van der Waals surface area contributed by atoms with Crippen LogP contribution in [0, 0.1) is 0 Å². The van der Waals surface area contributed by atoms with E-state index in [0.717, 1.165) is 28.1 Å². The second kappa shape index (κ2) is 5.56. The predicted octanol–water partition coefficient (Wildman–Crippen LogP) is 2.56. The number of amides is 1. The van der Waals surface area contributed by atoms with Crippen molar-refractivity contribution < 1.29 is 4.79 Å². The van der Waals surface area contributed by atoms with Crippen LogP contribution in [-0.2, 0) is 11.3 Å². The number of hydrogen-bond acceptors (Lipinski definition) is 3. The van der Waals surface area contributed by atoms with E-state index in [-0.39, 0.29) is 5.91 Å². The molecule has 0 saturated carbocycles. The van der Waals surface area contributed by atoms with Crippen LogP contribution >= 0.6 is 0 Å². The highest BCUT2D eigenvalue weighted by atomic mass is 16.2. The molecule has 0 radical (unpaired) electrons. The lowest BCUT2D eigenvalue weighted by Gasteiger charge is -2.29. The Balaban J connectivity index is 2.35. The smallest absolute Gasteiger partial charge is 0.224 e. The van der Waals surface area contributed by atoms with E-state index in [9.17, 15) is 4.79 Å². The molecule has 4 nitrogen and oxygen atoms in total. The molecule has 0 spiro atoms. The lowest BCUT2D eigenvalue weighted by molar-refractivity contribution is -0.116. The van der Waals surface area contributed by atoms with Gasteiger partial charge < -0.3 is 16.0 Å². The summed E-state index contributed by atoms with van der Waals surface area (Å²) in [7, 11) is 1.85. The van der Waals surface area contributed by atoms with Crippen molar-refractivity contribution in [3.8, 4) is 0 Å². The van der Waals surface area contributed by atoms with Gasteiger partial charge in [0.15, 0.2) is 0 Å². The molecule has 0 fully saturated rings. The summed E-state index contributed by atoms with van der Waals surface area (Å²) < 4.78 is 0. The monoisotopic (exact) mass is 293 g/mol. The van der Waals surface area contributed by atoms with Crippen molar-refractivity contribution in [1.29, 1.82) is 0 Å². The van der Waals surface area contributed by atoms with Crippen LogP contribution in [0.5, 0.6) is 0 Å². The van der Waals surface area contributed by atoms with Crippen molar-refractivity contribution in [3.05, 3.63) is 65.2 Å². The van der Waals surface area contributed by atoms with Gasteiger partial charge in [-0.05, 0) is 11.6 Å². The van der Waals surface area contributed by atoms with Gasteiger partial charge in [0.2, 0.25) is 5.91 Å². The standard InChI is InChI=1S/C18H19N3O/c1-12(22)21-11-13-7-3-4-8-14(13)17(19)18(20-2)15-9-5-6-10-16(15)21/h3-10,20H,11,19H2,1-2H3/b18-17-. The van der Waals surface area contributed by atoms with Gasteiger partial charge in [0.25, 0.3) is 0 Å². The van der Waals surface area contributed by atoms with Gasteiger partial charge in [-0.2, -0.15) is 0 Å². The minimum absolute atomic E-state index is 0.0122. The Kier molecular flexibility index (Phi) is 3.59. The maximum absolute atomic E-state index is 12.2. The minimum atomic E-state index is 0.0122. The van der Waals surface area contributed by atoms with Gasteiger partial charge in [0.05, 0.1) is 23.6 Å². The van der Waals surface area contributed by atoms with Crippen molar-refractivity contribution in [2.75, 3.05) is 11.9 Å². The van der Waals surface area contributed by atoms with Gasteiger partial charge in [-0.15, -0.1) is 0 Å². The van der Waals surface area contributed by atoms with Crippen LogP contribution < -0.4 is 16.0 Å². The van der Waals surface area contributed by atoms with Crippen LogP contribution in [0.2, 0.25) is 0 Å². The topological polar surface area (TPSA) is 58.4 Å². The first-order chi connectivity index (χ1) is 10.6. The Hall–Kier alpha value is -2.75. The minimum Gasteiger partial charge on any atom is -0.397 e. The number of benzene rings is 2. The fraction of sp³-hybridized carbons (Fsp3) is 0.167. The van der Waals surface area contributed by atoms with Crippen LogP contribution in [0.25, 0.3) is 11.4 Å². The SMILES string of the molecule is CN/C1=C(\N)c2ccccc2CN(C(C)=O)c2ccccc21. The molecule has 4 heteroatoms. The maximum Gasteiger partial charge on any atom is 0.224 e. The molecule has 3 N–H and O–H groups in total. The second-order valence-corrected chi connectivity index (χ2v) is 5.32. The van der Waals surface area contributed by atoms with E-state index in [4.69, 9.17) is 5.73 Å². The van der Waals surface area contributed by atoms with Crippen LogP contribution in [0.15, 0.2) is 48.5 Å². The van der Waals surface area contributed by atoms with Crippen LogP contribution in [0.3, 0.4) is 0 Å². The quantitative estimate of drug-likeness (QED) is 0.849. The largest absolute Gasteiger partial charge is 0.397 e. The van der Waals surface area contributed by atoms with Crippen molar-refractivity contribution >= 4 is 23.0 Å². The van der Waals surface area contributed by atoms with Gasteiger partial charge in [-0.1, -0.05) is 42.5 Å². The first kappa shape index (κ1) is 14.2. The molecule has 1 aliphatic rings. The molecule has 0 unspecified atom stereocenters. The first-order valence-corrected chi connectivity index (χ1v) is 7.26. The third-order valence-corrected chi connectivity index (χ3v) is 4.00. The summed E-state index contributed by atoms with van der Waals surface area (Å²) in [6, 6.07) is 15.8. The molecule has 3 rings (SSSR count). The zero-order valence-electron chi connectivity index (χ0n) is 12.8. The molecular formula is C18H19N3O. The lowest BCUT2D eigenvalue weighted by Crippen LogP contribution is -2.31. The van der Waals surface area contributed by atoms with E-state index >= 15 is 0 Å². The van der Waals surface area contributed by atoms with Gasteiger partial charge in [0, 0.05) is 25.1 Å². The van der Waals surface area contributed by atoms with Crippen molar-refractivity contribution in [1.82, 2.24) is 5.32 Å². The third kappa shape index (κ3) is 2.22. The fourth-order valence-corrected chi connectivity index (χ4v) is 2.93. The van der Waals surface area contributed by atoms with E-state index in [1.165, 1.54) is 0 Å². The molecule has 22 heavy (non-hydrogen) atoms. The highest BCUT2D eigenvalue weighted by Gasteiger charge is 2.23. The van der Waals surface area contributed by atoms with E-state index in [0.29, 0.717) is 12.2 Å². The van der Waals surface area contributed by atoms with E-state index < -0.39 is 0 Å². The van der Waals surface area contributed by atoms with Gasteiger partial charge in [-0.3, -0.25) is 4.79 Å². The van der Waals surface area contributed by atoms with Crippen LogP contribution in [0.4, 0.5) is 5.69 Å². The van der Waals surface area contributed by atoms with Crippen molar-refractivity contribution in [3.63, 3.8) is 0 Å². The molecule has 1 heterocycles. The number of anilines is 1. The number of nitrogens with zero attached hydrogens (tertiary/aromatic N) is 1. The Morgan fingerprint density at radius 3 is 2.41 bits per heavy atom. The Morgan fingerprint density at radius 2 is 1.73 bits per heavy atom. The molecule has 1 aliphatic heterocycles. The molecule has 1 amide bonds. The van der Waals surface area contributed by atoms with E-state index in [1.54, 1.807) is 11.8 Å². The molecule has 0 aromatic heterocycles. The zero-order valence-corrected chi connectivity index (χ0v) is 12.8. The summed E-state index contributed by atoms with van der Waals surface area (Å²) in [5.74, 6) is 0.0122. The zero-order chi connectivity index (χ0) is 15.7. The number of carbonyl (C=O) groups excluding carboxylic acids is 1. The average molecular weight is 293 g/mol. The van der Waals surface area contributed by atoms with Gasteiger partial charge in [-0.25, -0.2) is 0 Å². The molecule has 2 aromatic carbocycles. The highest BCUT2D eigenvalue weighted by molar-refractivity contribution is 6.00. The van der Waals surface area contributed by atoms with E-state index in [2.05, 4.69) is 5.32 Å². The van der Waals surface area contributed by atoms with Crippen molar-refractivity contribution in [2.45, 2.75) is 13.5 Å². The van der Waals surface area contributed by atoms with Gasteiger partial charge >= 0.3 is 0 Å². The summed E-state index contributed by atoms with van der Waals surface area (Å²) in [6.45, 7) is 2.10. The fourth-order valence-electron chi connectivity index (χ4n) is 2.93. The normalized spacial score (nSPS) is 17.1. The van der Waals surface area contributed by atoms with Crippen LogP contribution in [0.1, 0.15) is 23.6 Å². The number of hydrogen-bond donors (Lipinski definition) is 2. The molecule has 112 valence electrons. The molecule has 0 bridgehead atoms. The summed E-state index contributed by atoms with van der Waals surface area (Å²) >= 11 is 0. The van der Waals surface area contributed by atoms with Crippen LogP contribution in [-0.4, -0.2) is 13.0 Å². The molecular weight excluding hydrogens is 274 g/mol. The predicted molar refractivity (Wildman–Crippen MR) is 89.8 cm³/mol. The number of nitrogens with one attached hydrogen (secondary N) is 1. The number of para-hydroxylation sites is 1. The summed E-state index contributed by atoms with van der Waals surface area (Å²) in [5.41, 5.74) is 11.8. The average Bonchev–Trinajstić information content (AvgIpc) is 2.52. The number of rotatable bonds is 1.